The molecule has 2 aromatic carbocycles. The minimum Gasteiger partial charge on any atom is -0.494 e. The van der Waals surface area contributed by atoms with Gasteiger partial charge in [-0.05, 0) is 62.2 Å². The quantitative estimate of drug-likeness (QED) is 0.473. The van der Waals surface area contributed by atoms with Gasteiger partial charge in [-0.25, -0.2) is 4.99 Å². The first-order valence-corrected chi connectivity index (χ1v) is 12.0. The average Bonchev–Trinajstić information content (AvgIpc) is 3.07. The Balaban J connectivity index is 1.74. The van der Waals surface area contributed by atoms with Gasteiger partial charge < -0.3 is 14.8 Å². The number of hydrogen-bond acceptors (Lipinski definition) is 6. The number of aliphatic imine (C=N–C) groups is 1. The molecule has 1 aliphatic heterocycles. The molecule has 1 aliphatic rings. The van der Waals surface area contributed by atoms with Gasteiger partial charge in [-0.3, -0.25) is 14.5 Å². The van der Waals surface area contributed by atoms with Crippen LogP contribution in [0, 0.1) is 6.92 Å². The zero-order chi connectivity index (χ0) is 23.8. The number of rotatable bonds is 10. The Kier molecular flexibility index (Phi) is 9.17. The lowest BCUT2D eigenvalue weighted by atomic mass is 10.2. The van der Waals surface area contributed by atoms with E-state index in [4.69, 9.17) is 21.1 Å². The predicted octanol–water partition coefficient (Wildman–Crippen LogP) is 5.04. The summed E-state index contributed by atoms with van der Waals surface area (Å²) in [5.41, 5.74) is 2.14. The summed E-state index contributed by atoms with van der Waals surface area (Å²) in [6.45, 7) is 5.36. The highest BCUT2D eigenvalue weighted by molar-refractivity contribution is 8.15. The summed E-state index contributed by atoms with van der Waals surface area (Å²) in [4.78, 5) is 32.1. The van der Waals surface area contributed by atoms with Gasteiger partial charge in [0.15, 0.2) is 5.17 Å². The molecule has 0 saturated carbocycles. The third kappa shape index (κ3) is 6.72. The molecule has 7 nitrogen and oxygen atoms in total. The first kappa shape index (κ1) is 25.1. The third-order valence-corrected chi connectivity index (χ3v) is 6.62. The maximum atomic E-state index is 13.1. The zero-order valence-corrected chi connectivity index (χ0v) is 20.5. The summed E-state index contributed by atoms with van der Waals surface area (Å²) < 4.78 is 10.6. The van der Waals surface area contributed by atoms with Crippen molar-refractivity contribution in [2.75, 3.05) is 32.2 Å². The van der Waals surface area contributed by atoms with E-state index in [2.05, 4.69) is 10.3 Å². The van der Waals surface area contributed by atoms with Crippen LogP contribution >= 0.6 is 23.4 Å². The lowest BCUT2D eigenvalue weighted by molar-refractivity contribution is -0.128. The maximum Gasteiger partial charge on any atom is 0.242 e. The lowest BCUT2D eigenvalue weighted by Crippen LogP contribution is -2.34. The maximum absolute atomic E-state index is 13.1. The van der Waals surface area contributed by atoms with E-state index in [0.717, 1.165) is 11.3 Å². The van der Waals surface area contributed by atoms with Gasteiger partial charge in [0, 0.05) is 37.4 Å². The molecular formula is C24H28ClN3O4S. The van der Waals surface area contributed by atoms with Crippen molar-refractivity contribution in [3.63, 3.8) is 0 Å². The molecule has 3 rings (SSSR count). The Labute approximate surface area is 203 Å². The van der Waals surface area contributed by atoms with Gasteiger partial charge in [-0.15, -0.1) is 0 Å². The fraction of sp³-hybridized carbons (Fsp3) is 0.375. The smallest absolute Gasteiger partial charge is 0.242 e. The van der Waals surface area contributed by atoms with Gasteiger partial charge in [0.1, 0.15) is 11.0 Å². The number of amides is 2. The van der Waals surface area contributed by atoms with Crippen LogP contribution in [0.25, 0.3) is 0 Å². The van der Waals surface area contributed by atoms with E-state index in [-0.39, 0.29) is 18.2 Å². The van der Waals surface area contributed by atoms with Crippen LogP contribution in [0.1, 0.15) is 25.3 Å². The number of nitrogens with zero attached hydrogens (tertiary/aromatic N) is 2. The molecule has 0 aromatic heterocycles. The standard InChI is InChI=1S/C24H28ClN3O4S/c1-4-32-18-11-9-17(10-12-18)26-24-28(13-6-14-31-3)23(30)21(33-24)15-22(29)27-20-8-5-7-19(25)16(20)2/h5,7-12,21H,4,6,13-15H2,1-3H3,(H,27,29). The monoisotopic (exact) mass is 489 g/mol. The largest absolute Gasteiger partial charge is 0.494 e. The highest BCUT2D eigenvalue weighted by atomic mass is 35.5. The molecule has 0 radical (unpaired) electrons. The van der Waals surface area contributed by atoms with Crippen LogP contribution < -0.4 is 10.1 Å². The molecule has 2 aromatic rings. The molecule has 0 bridgehead atoms. The van der Waals surface area contributed by atoms with Crippen LogP contribution in [-0.4, -0.2) is 54.0 Å². The van der Waals surface area contributed by atoms with Gasteiger partial charge in [0.25, 0.3) is 0 Å². The molecular weight excluding hydrogens is 462 g/mol. The van der Waals surface area contributed by atoms with E-state index >= 15 is 0 Å². The molecule has 176 valence electrons. The molecule has 1 saturated heterocycles. The SMILES string of the molecule is CCOc1ccc(N=C2SC(CC(=O)Nc3cccc(Cl)c3C)C(=O)N2CCCOC)cc1. The fourth-order valence-electron chi connectivity index (χ4n) is 3.30. The Morgan fingerprint density at radius 3 is 2.70 bits per heavy atom. The van der Waals surface area contributed by atoms with Crippen molar-refractivity contribution in [3.05, 3.63) is 53.1 Å². The van der Waals surface area contributed by atoms with Crippen LogP contribution in [0.3, 0.4) is 0 Å². The van der Waals surface area contributed by atoms with Crippen LogP contribution in [0.4, 0.5) is 11.4 Å². The van der Waals surface area contributed by atoms with E-state index in [1.54, 1.807) is 30.2 Å². The topological polar surface area (TPSA) is 80.2 Å². The van der Waals surface area contributed by atoms with Gasteiger partial charge in [0.2, 0.25) is 11.8 Å². The number of benzene rings is 2. The number of anilines is 1. The van der Waals surface area contributed by atoms with Crippen LogP contribution in [0.15, 0.2) is 47.5 Å². The number of thioether (sulfide) groups is 1. The highest BCUT2D eigenvalue weighted by Gasteiger charge is 2.39. The third-order valence-electron chi connectivity index (χ3n) is 5.04. The zero-order valence-electron chi connectivity index (χ0n) is 19.0. The van der Waals surface area contributed by atoms with E-state index in [0.29, 0.717) is 47.7 Å². The van der Waals surface area contributed by atoms with Crippen molar-refractivity contribution in [2.24, 2.45) is 4.99 Å². The van der Waals surface area contributed by atoms with Crippen molar-refractivity contribution >= 4 is 51.7 Å². The number of ether oxygens (including phenoxy) is 2. The summed E-state index contributed by atoms with van der Waals surface area (Å²) in [5.74, 6) is 0.392. The second-order valence-electron chi connectivity index (χ2n) is 7.43. The van der Waals surface area contributed by atoms with E-state index in [1.165, 1.54) is 11.8 Å². The molecule has 1 heterocycles. The minimum absolute atomic E-state index is 0.0402. The molecule has 1 atom stereocenters. The van der Waals surface area contributed by atoms with Crippen molar-refractivity contribution in [1.82, 2.24) is 4.90 Å². The summed E-state index contributed by atoms with van der Waals surface area (Å²) in [7, 11) is 1.63. The Bertz CT molecular complexity index is 1010. The number of carbonyl (C=O) groups excluding carboxylic acids is 2. The van der Waals surface area contributed by atoms with E-state index < -0.39 is 5.25 Å². The first-order chi connectivity index (χ1) is 15.9. The predicted molar refractivity (Wildman–Crippen MR) is 134 cm³/mol. The van der Waals surface area contributed by atoms with Crippen molar-refractivity contribution in [1.29, 1.82) is 0 Å². The number of nitrogens with one attached hydrogen (secondary N) is 1. The molecule has 33 heavy (non-hydrogen) atoms. The summed E-state index contributed by atoms with van der Waals surface area (Å²) in [6, 6.07) is 12.7. The molecule has 1 unspecified atom stereocenters. The lowest BCUT2D eigenvalue weighted by Gasteiger charge is -2.16. The number of methoxy groups -OCH3 is 1. The number of amidine groups is 1. The van der Waals surface area contributed by atoms with Crippen molar-refractivity contribution in [3.8, 4) is 5.75 Å². The second kappa shape index (κ2) is 12.1. The average molecular weight is 490 g/mol. The van der Waals surface area contributed by atoms with Gasteiger partial charge in [0.05, 0.1) is 12.3 Å². The highest BCUT2D eigenvalue weighted by Crippen LogP contribution is 2.33. The number of halogens is 1. The van der Waals surface area contributed by atoms with E-state index in [1.807, 2.05) is 38.1 Å². The van der Waals surface area contributed by atoms with Crippen LogP contribution in [0.2, 0.25) is 5.02 Å². The Morgan fingerprint density at radius 2 is 2.00 bits per heavy atom. The summed E-state index contributed by atoms with van der Waals surface area (Å²) in [6.07, 6.45) is 0.713. The van der Waals surface area contributed by atoms with Gasteiger partial charge in [-0.2, -0.15) is 0 Å². The molecule has 0 aliphatic carbocycles. The Hall–Kier alpha value is -2.55. The molecule has 0 spiro atoms. The van der Waals surface area contributed by atoms with Crippen molar-refractivity contribution in [2.45, 2.75) is 31.9 Å². The van der Waals surface area contributed by atoms with Crippen LogP contribution in [0.5, 0.6) is 5.75 Å². The molecule has 1 fully saturated rings. The van der Waals surface area contributed by atoms with Crippen LogP contribution in [-0.2, 0) is 14.3 Å². The number of hydrogen-bond donors (Lipinski definition) is 1. The van der Waals surface area contributed by atoms with Crippen molar-refractivity contribution < 1.29 is 19.1 Å². The summed E-state index contributed by atoms with van der Waals surface area (Å²) in [5, 5.41) is 3.48. The Morgan fingerprint density at radius 1 is 1.24 bits per heavy atom. The first-order valence-electron chi connectivity index (χ1n) is 10.8. The fourth-order valence-corrected chi connectivity index (χ4v) is 4.66. The molecule has 2 amide bonds. The second-order valence-corrected chi connectivity index (χ2v) is 9.01. The number of carbonyl (C=O) groups is 2. The molecule has 1 N–H and O–H groups in total. The minimum atomic E-state index is -0.548. The van der Waals surface area contributed by atoms with Gasteiger partial charge in [-0.1, -0.05) is 29.4 Å². The molecule has 9 heteroatoms. The normalized spacial score (nSPS) is 17.0. The summed E-state index contributed by atoms with van der Waals surface area (Å²) >= 11 is 7.45. The van der Waals surface area contributed by atoms with Gasteiger partial charge >= 0.3 is 0 Å². The van der Waals surface area contributed by atoms with E-state index in [9.17, 15) is 9.59 Å².